The van der Waals surface area contributed by atoms with E-state index in [1.807, 2.05) is 27.7 Å². The predicted molar refractivity (Wildman–Crippen MR) is 57.1 cm³/mol. The van der Waals surface area contributed by atoms with E-state index in [1.54, 1.807) is 4.67 Å². The van der Waals surface area contributed by atoms with Gasteiger partial charge >= 0.3 is 8.02 Å². The first-order valence-electron chi connectivity index (χ1n) is 4.24. The van der Waals surface area contributed by atoms with Crippen molar-refractivity contribution in [2.24, 2.45) is 0 Å². The van der Waals surface area contributed by atoms with Crippen LogP contribution in [0.1, 0.15) is 27.7 Å². The van der Waals surface area contributed by atoms with Gasteiger partial charge in [-0.2, -0.15) is 9.79 Å². The lowest BCUT2D eigenvalue weighted by molar-refractivity contribution is 0.217. The Kier molecular flexibility index (Phi) is 5.08. The Balaban J connectivity index is 4.73. The zero-order chi connectivity index (χ0) is 10.8. The highest BCUT2D eigenvalue weighted by molar-refractivity contribution is 7.60. The summed E-state index contributed by atoms with van der Waals surface area (Å²) in [5, 5.41) is 0. The molecule has 0 unspecified atom stereocenters. The highest BCUT2D eigenvalue weighted by atomic mass is 35.5. The molecular formula is C7H19ClN2O2P+. The van der Waals surface area contributed by atoms with Crippen LogP contribution >= 0.6 is 19.8 Å². The number of hydrogen-bond donors (Lipinski definition) is 2. The molecule has 2 N–H and O–H groups in total. The maximum absolute atomic E-state index is 9.78. The summed E-state index contributed by atoms with van der Waals surface area (Å²) in [4.78, 5) is 19.6. The monoisotopic (exact) mass is 229 g/mol. The molecule has 0 rings (SSSR count). The van der Waals surface area contributed by atoms with Crippen LogP contribution in [0, 0.1) is 0 Å². The van der Waals surface area contributed by atoms with Gasteiger partial charge in [-0.3, -0.25) is 0 Å². The van der Waals surface area contributed by atoms with E-state index >= 15 is 0 Å². The molecule has 0 bridgehead atoms. The van der Waals surface area contributed by atoms with Crippen LogP contribution in [0.25, 0.3) is 0 Å². The van der Waals surface area contributed by atoms with Crippen molar-refractivity contribution >= 4 is 19.8 Å². The van der Waals surface area contributed by atoms with Crippen molar-refractivity contribution in [1.29, 1.82) is 0 Å². The van der Waals surface area contributed by atoms with Gasteiger partial charge in [-0.15, -0.1) is 4.67 Å². The smallest absolute Gasteiger partial charge is 0.186 e. The molecule has 0 aromatic rings. The summed E-state index contributed by atoms with van der Waals surface area (Å²) in [6.07, 6.45) is 0. The maximum atomic E-state index is 9.78. The third-order valence-corrected chi connectivity index (χ3v) is 4.63. The topological polar surface area (TPSA) is 46.9 Å². The van der Waals surface area contributed by atoms with Crippen LogP contribution < -0.4 is 0 Å². The molecule has 0 aromatic carbocycles. The minimum atomic E-state index is -3.30. The number of halogens is 1. The van der Waals surface area contributed by atoms with Gasteiger partial charge in [0.05, 0.1) is 0 Å². The van der Waals surface area contributed by atoms with Gasteiger partial charge in [0.2, 0.25) is 0 Å². The molecule has 0 saturated carbocycles. The van der Waals surface area contributed by atoms with E-state index in [9.17, 15) is 9.79 Å². The van der Waals surface area contributed by atoms with Crippen LogP contribution in [0.4, 0.5) is 0 Å². The van der Waals surface area contributed by atoms with Crippen molar-refractivity contribution < 1.29 is 9.79 Å². The lowest BCUT2D eigenvalue weighted by Gasteiger charge is -2.32. The fourth-order valence-corrected chi connectivity index (χ4v) is 3.12. The Morgan fingerprint density at radius 1 is 1.08 bits per heavy atom. The molecular weight excluding hydrogens is 211 g/mol. The quantitative estimate of drug-likeness (QED) is 0.571. The first-order chi connectivity index (χ1) is 5.71. The fourth-order valence-electron chi connectivity index (χ4n) is 1.36. The lowest BCUT2D eigenvalue weighted by atomic mass is 10.3. The van der Waals surface area contributed by atoms with E-state index in [2.05, 4.69) is 0 Å². The number of nitrogens with zero attached hydrogens (tertiary/aromatic N) is 2. The molecule has 6 heteroatoms. The summed E-state index contributed by atoms with van der Waals surface area (Å²) in [5.41, 5.74) is 0. The van der Waals surface area contributed by atoms with Crippen molar-refractivity contribution in [3.63, 3.8) is 0 Å². The second kappa shape index (κ2) is 4.87. The molecule has 0 spiro atoms. The Bertz CT molecular complexity index is 157. The summed E-state index contributed by atoms with van der Waals surface area (Å²) in [6.45, 7) is 7.62. The molecule has 0 heterocycles. The zero-order valence-electron chi connectivity index (χ0n) is 8.77. The Morgan fingerprint density at radius 3 is 1.46 bits per heavy atom. The van der Waals surface area contributed by atoms with Crippen molar-refractivity contribution in [2.45, 2.75) is 39.8 Å². The van der Waals surface area contributed by atoms with Crippen LogP contribution in [0.5, 0.6) is 0 Å². The molecule has 0 aromatic heterocycles. The maximum Gasteiger partial charge on any atom is 0.446 e. The second-order valence-corrected chi connectivity index (χ2v) is 6.43. The summed E-state index contributed by atoms with van der Waals surface area (Å²) in [5.74, 6) is 0. The van der Waals surface area contributed by atoms with E-state index in [4.69, 9.17) is 11.8 Å². The highest BCUT2D eigenvalue weighted by Gasteiger charge is 2.50. The van der Waals surface area contributed by atoms with Gasteiger partial charge in [0.1, 0.15) is 0 Å². The van der Waals surface area contributed by atoms with Gasteiger partial charge in [-0.05, 0) is 31.9 Å². The Morgan fingerprint density at radius 2 is 1.38 bits per heavy atom. The molecule has 0 saturated heterocycles. The van der Waals surface area contributed by atoms with Crippen LogP contribution in [0.2, 0.25) is 0 Å². The first kappa shape index (κ1) is 13.6. The van der Waals surface area contributed by atoms with Crippen molar-refractivity contribution in [1.82, 2.24) is 8.86 Å². The fraction of sp³-hybridized carbons (Fsp3) is 1.00. The molecule has 0 aliphatic heterocycles. The second-order valence-electron chi connectivity index (χ2n) is 3.55. The molecule has 0 fully saturated rings. The summed E-state index contributed by atoms with van der Waals surface area (Å²) in [6, 6.07) is 0.0917. The average Bonchev–Trinajstić information content (AvgIpc) is 1.82. The lowest BCUT2D eigenvalue weighted by Crippen LogP contribution is -2.39. The van der Waals surface area contributed by atoms with Crippen LogP contribution in [0.15, 0.2) is 0 Å². The minimum Gasteiger partial charge on any atom is -0.186 e. The van der Waals surface area contributed by atoms with Crippen LogP contribution in [0.3, 0.4) is 0 Å². The molecule has 13 heavy (non-hydrogen) atoms. The molecule has 4 nitrogen and oxygen atoms in total. The van der Waals surface area contributed by atoms with E-state index < -0.39 is 8.02 Å². The molecule has 80 valence electrons. The Labute approximate surface area is 85.8 Å². The van der Waals surface area contributed by atoms with Crippen LogP contribution in [-0.4, -0.2) is 37.8 Å². The van der Waals surface area contributed by atoms with Gasteiger partial charge in [0, 0.05) is 30.9 Å². The average molecular weight is 230 g/mol. The molecule has 0 amide bonds. The van der Waals surface area contributed by atoms with E-state index in [0.29, 0.717) is 0 Å². The normalized spacial score (nSPS) is 13.8. The molecule has 0 aliphatic carbocycles. The SMILES string of the molecule is CC(C)N(C(C)C)[P+](O)(O)N(C)Cl. The standard InChI is InChI=1S/C7H19ClN2O2P/c1-6(2)10(7(3)4)13(11,12)9(5)8/h6-7,11-12H,1-5H3/q+1. The van der Waals surface area contributed by atoms with Crippen molar-refractivity contribution in [3.8, 4) is 0 Å². The number of rotatable bonds is 4. The van der Waals surface area contributed by atoms with Gasteiger partial charge in [0.25, 0.3) is 0 Å². The summed E-state index contributed by atoms with van der Waals surface area (Å²) >= 11 is 5.59. The highest BCUT2D eigenvalue weighted by Crippen LogP contribution is 2.59. The van der Waals surface area contributed by atoms with Gasteiger partial charge in [-0.1, -0.05) is 0 Å². The van der Waals surface area contributed by atoms with Gasteiger partial charge in [0.15, 0.2) is 0 Å². The Hall–Kier alpha value is 0.560. The third-order valence-electron chi connectivity index (χ3n) is 1.74. The van der Waals surface area contributed by atoms with Crippen molar-refractivity contribution in [3.05, 3.63) is 0 Å². The van der Waals surface area contributed by atoms with Gasteiger partial charge < -0.3 is 0 Å². The van der Waals surface area contributed by atoms with E-state index in [1.165, 1.54) is 7.05 Å². The first-order valence-corrected chi connectivity index (χ1v) is 6.18. The zero-order valence-corrected chi connectivity index (χ0v) is 10.4. The minimum absolute atomic E-state index is 0.0459. The van der Waals surface area contributed by atoms with E-state index in [0.717, 1.165) is 4.19 Å². The van der Waals surface area contributed by atoms with E-state index in [-0.39, 0.29) is 12.1 Å². The van der Waals surface area contributed by atoms with Crippen LogP contribution in [-0.2, 0) is 0 Å². The van der Waals surface area contributed by atoms with Crippen molar-refractivity contribution in [2.75, 3.05) is 7.05 Å². The molecule has 0 radical (unpaired) electrons. The summed E-state index contributed by atoms with van der Waals surface area (Å²) in [7, 11) is -1.85. The molecule has 0 aliphatic rings. The summed E-state index contributed by atoms with van der Waals surface area (Å²) < 4.78 is 2.58. The molecule has 0 atom stereocenters. The predicted octanol–water partition coefficient (Wildman–Crippen LogP) is 1.85. The third kappa shape index (κ3) is 3.31. The number of hydrogen-bond acceptors (Lipinski definition) is 4. The largest absolute Gasteiger partial charge is 0.446 e. The van der Waals surface area contributed by atoms with Gasteiger partial charge in [-0.25, -0.2) is 0 Å².